The Kier molecular flexibility index (Phi) is 5.31. The van der Waals surface area contributed by atoms with Gasteiger partial charge in [0.1, 0.15) is 5.58 Å². The van der Waals surface area contributed by atoms with Crippen LogP contribution in [0.1, 0.15) is 25.0 Å². The molecule has 0 aliphatic rings. The van der Waals surface area contributed by atoms with Gasteiger partial charge in [-0.05, 0) is 39.8 Å². The van der Waals surface area contributed by atoms with E-state index in [0.29, 0.717) is 22.3 Å². The molecule has 5 heteroatoms. The molecule has 0 radical (unpaired) electrons. The van der Waals surface area contributed by atoms with Crippen molar-refractivity contribution in [3.8, 4) is 17.1 Å². The number of hydrogen-bond donors (Lipinski definition) is 0. The van der Waals surface area contributed by atoms with Crippen molar-refractivity contribution in [3.63, 3.8) is 0 Å². The number of fused-ring (bicyclic) bond motifs is 1. The van der Waals surface area contributed by atoms with Crippen LogP contribution in [0.15, 0.2) is 51.7 Å². The van der Waals surface area contributed by atoms with E-state index in [1.165, 1.54) is 0 Å². The molecule has 0 N–H and O–H groups in total. The van der Waals surface area contributed by atoms with Crippen molar-refractivity contribution in [2.75, 3.05) is 6.61 Å². The third-order valence-corrected chi connectivity index (χ3v) is 4.02. The fourth-order valence-corrected chi connectivity index (χ4v) is 2.75. The molecular weight excluding hydrogens is 344 g/mol. The average molecular weight is 366 g/mol. The fraction of sp³-hybridized carbons (Fsp3) is 0.273. The Balaban J connectivity index is 2.11. The summed E-state index contributed by atoms with van der Waals surface area (Å²) < 4.78 is 16.7. The maximum absolute atomic E-state index is 13.0. The van der Waals surface area contributed by atoms with Crippen LogP contribution >= 0.6 is 0 Å². The van der Waals surface area contributed by atoms with Gasteiger partial charge in [0, 0.05) is 5.56 Å². The van der Waals surface area contributed by atoms with Crippen LogP contribution in [0.25, 0.3) is 22.3 Å². The third kappa shape index (κ3) is 4.19. The molecule has 0 aliphatic carbocycles. The molecule has 1 aromatic heterocycles. The van der Waals surface area contributed by atoms with E-state index in [4.69, 9.17) is 13.9 Å². The molecule has 0 saturated heterocycles. The van der Waals surface area contributed by atoms with Crippen molar-refractivity contribution >= 4 is 16.9 Å². The fourth-order valence-electron chi connectivity index (χ4n) is 2.75. The van der Waals surface area contributed by atoms with Gasteiger partial charge in [-0.25, -0.2) is 4.79 Å². The zero-order valence-corrected chi connectivity index (χ0v) is 15.9. The van der Waals surface area contributed by atoms with Crippen LogP contribution in [0.2, 0.25) is 0 Å². The number of hydrogen-bond acceptors (Lipinski definition) is 5. The zero-order chi connectivity index (χ0) is 19.6. The number of benzene rings is 2. The van der Waals surface area contributed by atoms with Crippen LogP contribution < -0.4 is 10.2 Å². The molecule has 0 bridgehead atoms. The molecule has 0 fully saturated rings. The van der Waals surface area contributed by atoms with Crippen molar-refractivity contribution in [2.24, 2.45) is 0 Å². The summed E-state index contributed by atoms with van der Waals surface area (Å²) in [7, 11) is 0. The van der Waals surface area contributed by atoms with E-state index in [1.807, 2.05) is 44.2 Å². The highest BCUT2D eigenvalue weighted by Gasteiger charge is 2.19. The van der Waals surface area contributed by atoms with Gasteiger partial charge in [0.25, 0.3) is 0 Å². The summed E-state index contributed by atoms with van der Waals surface area (Å²) in [5, 5.41) is 0.415. The quantitative estimate of drug-likeness (QED) is 0.626. The Morgan fingerprint density at radius 1 is 1.04 bits per heavy atom. The molecule has 0 saturated carbocycles. The monoisotopic (exact) mass is 366 g/mol. The number of esters is 1. The molecular formula is C22H22O5. The largest absolute Gasteiger partial charge is 0.474 e. The lowest BCUT2D eigenvalue weighted by Gasteiger charge is -2.13. The summed E-state index contributed by atoms with van der Waals surface area (Å²) in [6.07, 6.45) is -0.256. The molecule has 140 valence electrons. The zero-order valence-electron chi connectivity index (χ0n) is 15.9. The van der Waals surface area contributed by atoms with Gasteiger partial charge in [-0.1, -0.05) is 41.5 Å². The first-order chi connectivity index (χ1) is 12.8. The number of carbonyl (C=O) groups excluding carboxylic acids is 1. The van der Waals surface area contributed by atoms with Crippen molar-refractivity contribution in [1.29, 1.82) is 0 Å². The van der Waals surface area contributed by atoms with Crippen LogP contribution in [0.4, 0.5) is 0 Å². The van der Waals surface area contributed by atoms with Crippen LogP contribution in [-0.4, -0.2) is 18.7 Å². The van der Waals surface area contributed by atoms with Gasteiger partial charge in [-0.15, -0.1) is 0 Å². The number of aryl methyl sites for hydroxylation is 2. The van der Waals surface area contributed by atoms with Crippen LogP contribution in [0, 0.1) is 13.8 Å². The van der Waals surface area contributed by atoms with Crippen LogP contribution in [0.3, 0.4) is 0 Å². The van der Waals surface area contributed by atoms with Crippen molar-refractivity contribution in [3.05, 3.63) is 63.8 Å². The summed E-state index contributed by atoms with van der Waals surface area (Å²) >= 11 is 0. The summed E-state index contributed by atoms with van der Waals surface area (Å²) in [4.78, 5) is 24.9. The smallest absolute Gasteiger partial charge is 0.344 e. The molecule has 0 amide bonds. The van der Waals surface area contributed by atoms with Gasteiger partial charge in [-0.2, -0.15) is 0 Å². The highest BCUT2D eigenvalue weighted by Crippen LogP contribution is 2.31. The SMILES string of the molecule is Cc1ccc(-c2oc3ccc(C)cc3c(=O)c2OCC(=O)OC(C)C)cc1. The molecule has 5 nitrogen and oxygen atoms in total. The van der Waals surface area contributed by atoms with Crippen LogP contribution in [0.5, 0.6) is 5.75 Å². The first-order valence-electron chi connectivity index (χ1n) is 8.82. The van der Waals surface area contributed by atoms with Gasteiger partial charge in [0.2, 0.25) is 11.2 Å². The highest BCUT2D eigenvalue weighted by atomic mass is 16.6. The minimum Gasteiger partial charge on any atom is -0.474 e. The van der Waals surface area contributed by atoms with Gasteiger partial charge in [-0.3, -0.25) is 4.79 Å². The van der Waals surface area contributed by atoms with Gasteiger partial charge in [0.15, 0.2) is 12.4 Å². The lowest BCUT2D eigenvalue weighted by atomic mass is 10.1. The van der Waals surface area contributed by atoms with Gasteiger partial charge < -0.3 is 13.9 Å². The first kappa shape index (κ1) is 18.7. The Morgan fingerprint density at radius 3 is 2.37 bits per heavy atom. The van der Waals surface area contributed by atoms with E-state index in [9.17, 15) is 9.59 Å². The highest BCUT2D eigenvalue weighted by molar-refractivity contribution is 5.83. The second kappa shape index (κ2) is 7.66. The van der Waals surface area contributed by atoms with E-state index in [1.54, 1.807) is 26.0 Å². The molecule has 0 aliphatic heterocycles. The van der Waals surface area contributed by atoms with E-state index in [2.05, 4.69) is 0 Å². The molecule has 2 aromatic carbocycles. The lowest BCUT2D eigenvalue weighted by Crippen LogP contribution is -2.21. The Labute approximate surface area is 157 Å². The first-order valence-corrected chi connectivity index (χ1v) is 8.82. The molecule has 0 spiro atoms. The summed E-state index contributed by atoms with van der Waals surface area (Å²) in [5.74, 6) is -0.227. The normalized spacial score (nSPS) is 11.0. The second-order valence-corrected chi connectivity index (χ2v) is 6.78. The van der Waals surface area contributed by atoms with E-state index < -0.39 is 5.97 Å². The molecule has 1 heterocycles. The minimum atomic E-state index is -0.538. The van der Waals surface area contributed by atoms with Gasteiger partial charge in [0.05, 0.1) is 11.5 Å². The third-order valence-electron chi connectivity index (χ3n) is 4.02. The Bertz CT molecular complexity index is 1030. The number of ether oxygens (including phenoxy) is 2. The van der Waals surface area contributed by atoms with Crippen molar-refractivity contribution < 1.29 is 18.7 Å². The lowest BCUT2D eigenvalue weighted by molar-refractivity contribution is -0.149. The topological polar surface area (TPSA) is 65.7 Å². The molecule has 0 unspecified atom stereocenters. The predicted molar refractivity (Wildman–Crippen MR) is 104 cm³/mol. The molecule has 3 rings (SSSR count). The molecule has 27 heavy (non-hydrogen) atoms. The average Bonchev–Trinajstić information content (AvgIpc) is 2.61. The summed E-state index contributed by atoms with van der Waals surface area (Å²) in [6, 6.07) is 12.9. The Morgan fingerprint density at radius 2 is 1.70 bits per heavy atom. The van der Waals surface area contributed by atoms with Crippen molar-refractivity contribution in [1.82, 2.24) is 0 Å². The molecule has 3 aromatic rings. The second-order valence-electron chi connectivity index (χ2n) is 6.78. The summed E-state index contributed by atoms with van der Waals surface area (Å²) in [5.41, 5.74) is 2.88. The van der Waals surface area contributed by atoms with E-state index in [0.717, 1.165) is 11.1 Å². The van der Waals surface area contributed by atoms with E-state index in [-0.39, 0.29) is 23.9 Å². The van der Waals surface area contributed by atoms with Gasteiger partial charge >= 0.3 is 5.97 Å². The summed E-state index contributed by atoms with van der Waals surface area (Å²) in [6.45, 7) is 7.01. The standard InChI is InChI=1S/C22H22O5/c1-13(2)26-19(23)12-25-22-20(24)17-11-15(4)7-10-18(17)27-21(22)16-8-5-14(3)6-9-16/h5-11,13H,12H2,1-4H3. The van der Waals surface area contributed by atoms with E-state index >= 15 is 0 Å². The minimum absolute atomic E-state index is 0.0117. The maximum Gasteiger partial charge on any atom is 0.344 e. The van der Waals surface area contributed by atoms with Crippen molar-refractivity contribution in [2.45, 2.75) is 33.8 Å². The maximum atomic E-state index is 13.0. The molecule has 0 atom stereocenters. The number of carbonyl (C=O) groups is 1. The Hall–Kier alpha value is -3.08. The van der Waals surface area contributed by atoms with Crippen LogP contribution in [-0.2, 0) is 9.53 Å². The predicted octanol–water partition coefficient (Wildman–Crippen LogP) is 4.41. The number of rotatable bonds is 5.